The highest BCUT2D eigenvalue weighted by Crippen LogP contribution is 2.23. The largest absolute Gasteiger partial charge is 0.423 e. The van der Waals surface area contributed by atoms with E-state index >= 15 is 0 Å². The fourth-order valence-electron chi connectivity index (χ4n) is 2.53. The molecule has 1 atom stereocenters. The third-order valence-electron chi connectivity index (χ3n) is 3.64. The maximum atomic E-state index is 12.7. The first-order valence-corrected chi connectivity index (χ1v) is 8.19. The summed E-state index contributed by atoms with van der Waals surface area (Å²) in [5, 5.41) is 3.76. The zero-order chi connectivity index (χ0) is 15.0. The van der Waals surface area contributed by atoms with E-state index in [9.17, 15) is 13.2 Å². The monoisotopic (exact) mass is 308 g/mol. The first-order chi connectivity index (χ1) is 9.98. The first-order valence-electron chi connectivity index (χ1n) is 6.75. The van der Waals surface area contributed by atoms with Crippen LogP contribution >= 0.6 is 0 Å². The molecule has 1 N–H and O–H groups in total. The molecule has 6 nitrogen and oxygen atoms in total. The Hall–Kier alpha value is -1.70. The van der Waals surface area contributed by atoms with Crippen molar-refractivity contribution in [3.63, 3.8) is 0 Å². The number of sulfonamides is 1. The van der Waals surface area contributed by atoms with Crippen LogP contribution in [0, 0.1) is 0 Å². The molecule has 1 aromatic carbocycles. The highest BCUT2D eigenvalue weighted by Gasteiger charge is 2.30. The first kappa shape index (κ1) is 14.2. The van der Waals surface area contributed by atoms with Gasteiger partial charge in [0.15, 0.2) is 0 Å². The van der Waals surface area contributed by atoms with E-state index in [1.165, 1.54) is 22.5 Å². The summed E-state index contributed by atoms with van der Waals surface area (Å²) in [6.45, 7) is 3.61. The summed E-state index contributed by atoms with van der Waals surface area (Å²) in [5.41, 5.74) is -0.0661. The van der Waals surface area contributed by atoms with E-state index in [2.05, 4.69) is 5.32 Å². The molecule has 1 saturated heterocycles. The molecule has 7 heteroatoms. The van der Waals surface area contributed by atoms with Gasteiger partial charge in [0, 0.05) is 37.1 Å². The fraction of sp³-hybridized carbons (Fsp3) is 0.357. The van der Waals surface area contributed by atoms with Gasteiger partial charge in [0.25, 0.3) is 0 Å². The average Bonchev–Trinajstić information content (AvgIpc) is 2.47. The van der Waals surface area contributed by atoms with Crippen LogP contribution in [0.2, 0.25) is 0 Å². The Kier molecular flexibility index (Phi) is 3.56. The van der Waals surface area contributed by atoms with Crippen LogP contribution in [-0.2, 0) is 10.0 Å². The number of benzene rings is 1. The van der Waals surface area contributed by atoms with E-state index < -0.39 is 15.6 Å². The Morgan fingerprint density at radius 2 is 2.10 bits per heavy atom. The molecule has 0 spiro atoms. The molecule has 21 heavy (non-hydrogen) atoms. The van der Waals surface area contributed by atoms with Gasteiger partial charge in [-0.05, 0) is 31.2 Å². The zero-order valence-electron chi connectivity index (χ0n) is 11.6. The van der Waals surface area contributed by atoms with E-state index in [1.54, 1.807) is 12.1 Å². The second-order valence-electron chi connectivity index (χ2n) is 5.12. The number of rotatable bonds is 2. The van der Waals surface area contributed by atoms with Crippen molar-refractivity contribution in [1.82, 2.24) is 9.62 Å². The molecular formula is C14H16N2O4S. The maximum Gasteiger partial charge on any atom is 0.336 e. The summed E-state index contributed by atoms with van der Waals surface area (Å²) in [4.78, 5) is 11.4. The normalized spacial score (nSPS) is 20.7. The van der Waals surface area contributed by atoms with Gasteiger partial charge in [-0.25, -0.2) is 13.2 Å². The number of nitrogens with one attached hydrogen (secondary N) is 1. The second kappa shape index (κ2) is 5.25. The van der Waals surface area contributed by atoms with E-state index in [0.29, 0.717) is 30.6 Å². The smallest absolute Gasteiger partial charge is 0.336 e. The van der Waals surface area contributed by atoms with Crippen molar-refractivity contribution in [2.75, 3.05) is 19.6 Å². The summed E-state index contributed by atoms with van der Waals surface area (Å²) in [6.07, 6.45) is 0. The molecule has 0 amide bonds. The Morgan fingerprint density at radius 1 is 1.29 bits per heavy atom. The van der Waals surface area contributed by atoms with Crippen LogP contribution < -0.4 is 10.9 Å². The SMILES string of the molecule is C[C@@H]1CNCCN1S(=O)(=O)c1ccc2oc(=O)ccc2c1. The van der Waals surface area contributed by atoms with Crippen molar-refractivity contribution >= 4 is 21.0 Å². The van der Waals surface area contributed by atoms with Gasteiger partial charge in [0.1, 0.15) is 5.58 Å². The minimum atomic E-state index is -3.54. The minimum Gasteiger partial charge on any atom is -0.423 e. The lowest BCUT2D eigenvalue weighted by Gasteiger charge is -2.32. The third-order valence-corrected chi connectivity index (χ3v) is 5.65. The predicted octanol–water partition coefficient (Wildman–Crippen LogP) is 0.775. The van der Waals surface area contributed by atoms with Crippen LogP contribution in [0.3, 0.4) is 0 Å². The van der Waals surface area contributed by atoms with Gasteiger partial charge >= 0.3 is 5.63 Å². The maximum absolute atomic E-state index is 12.7. The van der Waals surface area contributed by atoms with Crippen molar-refractivity contribution in [3.05, 3.63) is 40.8 Å². The van der Waals surface area contributed by atoms with Crippen LogP contribution in [0.15, 0.2) is 44.4 Å². The van der Waals surface area contributed by atoms with Crippen LogP contribution in [0.5, 0.6) is 0 Å². The van der Waals surface area contributed by atoms with Crippen molar-refractivity contribution in [3.8, 4) is 0 Å². The standard InChI is InChI=1S/C14H16N2O4S/c1-10-9-15-6-7-16(10)21(18,19)12-3-4-13-11(8-12)2-5-14(17)20-13/h2-5,8,10,15H,6-7,9H2,1H3/t10-/m1/s1. The lowest BCUT2D eigenvalue weighted by atomic mass is 10.2. The van der Waals surface area contributed by atoms with E-state index in [-0.39, 0.29) is 10.9 Å². The van der Waals surface area contributed by atoms with E-state index in [0.717, 1.165) is 0 Å². The highest BCUT2D eigenvalue weighted by molar-refractivity contribution is 7.89. The number of nitrogens with zero attached hydrogens (tertiary/aromatic N) is 1. The highest BCUT2D eigenvalue weighted by atomic mass is 32.2. The quantitative estimate of drug-likeness (QED) is 0.829. The summed E-state index contributed by atoms with van der Waals surface area (Å²) in [6, 6.07) is 7.31. The third kappa shape index (κ3) is 2.59. The molecule has 1 aliphatic rings. The molecular weight excluding hydrogens is 292 g/mol. The molecule has 112 valence electrons. The average molecular weight is 308 g/mol. The van der Waals surface area contributed by atoms with Gasteiger partial charge in [-0.15, -0.1) is 0 Å². The van der Waals surface area contributed by atoms with Gasteiger partial charge < -0.3 is 9.73 Å². The van der Waals surface area contributed by atoms with Gasteiger partial charge in [-0.1, -0.05) is 0 Å². The van der Waals surface area contributed by atoms with Gasteiger partial charge in [0.05, 0.1) is 4.90 Å². The van der Waals surface area contributed by atoms with Gasteiger partial charge in [-0.3, -0.25) is 0 Å². The summed E-state index contributed by atoms with van der Waals surface area (Å²) in [5.74, 6) is 0. The van der Waals surface area contributed by atoms with Crippen LogP contribution in [0.4, 0.5) is 0 Å². The summed E-state index contributed by atoms with van der Waals surface area (Å²) >= 11 is 0. The molecule has 3 rings (SSSR count). The Labute approximate surface area is 122 Å². The number of fused-ring (bicyclic) bond motifs is 1. The summed E-state index contributed by atoms with van der Waals surface area (Å²) in [7, 11) is -3.54. The lowest BCUT2D eigenvalue weighted by Crippen LogP contribution is -2.52. The van der Waals surface area contributed by atoms with E-state index in [1.807, 2.05) is 6.92 Å². The van der Waals surface area contributed by atoms with Crippen molar-refractivity contribution in [1.29, 1.82) is 0 Å². The van der Waals surface area contributed by atoms with Gasteiger partial charge in [-0.2, -0.15) is 4.31 Å². The molecule has 0 bridgehead atoms. The second-order valence-corrected chi connectivity index (χ2v) is 7.01. The lowest BCUT2D eigenvalue weighted by molar-refractivity contribution is 0.284. The minimum absolute atomic E-state index is 0.0897. The Bertz CT molecular complexity index is 828. The topological polar surface area (TPSA) is 79.6 Å². The number of piperazine rings is 1. The predicted molar refractivity (Wildman–Crippen MR) is 78.7 cm³/mol. The molecule has 0 unspecified atom stereocenters. The van der Waals surface area contributed by atoms with E-state index in [4.69, 9.17) is 4.42 Å². The Morgan fingerprint density at radius 3 is 2.86 bits per heavy atom. The van der Waals surface area contributed by atoms with Crippen LogP contribution in [0.1, 0.15) is 6.92 Å². The van der Waals surface area contributed by atoms with Crippen molar-refractivity contribution in [2.24, 2.45) is 0 Å². The van der Waals surface area contributed by atoms with Crippen molar-refractivity contribution in [2.45, 2.75) is 17.9 Å². The van der Waals surface area contributed by atoms with Crippen LogP contribution in [0.25, 0.3) is 11.0 Å². The van der Waals surface area contributed by atoms with Crippen molar-refractivity contribution < 1.29 is 12.8 Å². The van der Waals surface area contributed by atoms with Gasteiger partial charge in [0.2, 0.25) is 10.0 Å². The number of hydrogen-bond donors (Lipinski definition) is 1. The molecule has 2 heterocycles. The summed E-state index contributed by atoms with van der Waals surface area (Å²) < 4.78 is 32.0. The zero-order valence-corrected chi connectivity index (χ0v) is 12.4. The molecule has 2 aromatic rings. The Balaban J connectivity index is 2.06. The molecule has 0 radical (unpaired) electrons. The molecule has 0 saturated carbocycles. The molecule has 0 aliphatic carbocycles. The molecule has 1 fully saturated rings. The number of hydrogen-bond acceptors (Lipinski definition) is 5. The van der Waals surface area contributed by atoms with Crippen LogP contribution in [-0.4, -0.2) is 38.4 Å². The molecule has 1 aliphatic heterocycles. The fourth-order valence-corrected chi connectivity index (χ4v) is 4.19. The molecule has 1 aromatic heterocycles.